The summed E-state index contributed by atoms with van der Waals surface area (Å²) in [6, 6.07) is 5.49. The molecule has 0 amide bonds. The van der Waals surface area contributed by atoms with Gasteiger partial charge >= 0.3 is 0 Å². The molecule has 1 aromatic carbocycles. The van der Waals surface area contributed by atoms with Crippen LogP contribution in [0.25, 0.3) is 0 Å². The van der Waals surface area contributed by atoms with Crippen LogP contribution >= 0.6 is 0 Å². The number of hydrogen-bond donors (Lipinski definition) is 0. The minimum atomic E-state index is -2.60. The lowest BCUT2D eigenvalue weighted by molar-refractivity contribution is -0.00190. The molecule has 0 saturated carbocycles. The quantitative estimate of drug-likeness (QED) is 0.640. The minimum absolute atomic E-state index is 0.0239. The Balaban J connectivity index is 2.48. The molecule has 0 aromatic heterocycles. The Hall–Kier alpha value is -0.920. The number of alkyl halides is 2. The normalized spacial score (nSPS) is 18.6. The van der Waals surface area contributed by atoms with Crippen molar-refractivity contribution in [3.63, 3.8) is 0 Å². The molecule has 1 aliphatic carbocycles. The number of fused-ring (bicyclic) bond motifs is 1. The topological polar surface area (TPSA) is 0 Å². The maximum absolute atomic E-state index is 13.4. The van der Waals surface area contributed by atoms with Crippen LogP contribution in [0.15, 0.2) is 18.2 Å². The van der Waals surface area contributed by atoms with E-state index in [1.165, 1.54) is 0 Å². The molecule has 0 heterocycles. The Bertz CT molecular complexity index is 353. The first-order valence-electron chi connectivity index (χ1n) is 5.02. The maximum Gasteiger partial charge on any atom is 0.273 e. The van der Waals surface area contributed by atoms with Crippen molar-refractivity contribution in [2.24, 2.45) is 0 Å². The fourth-order valence-electron chi connectivity index (χ4n) is 1.94. The molecule has 0 aliphatic heterocycles. The fraction of sp³-hybridized carbons (Fsp3) is 0.500. The summed E-state index contributed by atoms with van der Waals surface area (Å²) < 4.78 is 26.8. The minimum Gasteiger partial charge on any atom is -0.201 e. The lowest BCUT2D eigenvalue weighted by Crippen LogP contribution is -2.08. The molecule has 0 saturated heterocycles. The SMILES string of the molecule is CC(C)c1ccc2c(c1)C(F)(F)CC2. The van der Waals surface area contributed by atoms with E-state index in [1.807, 2.05) is 26.0 Å². The van der Waals surface area contributed by atoms with E-state index in [4.69, 9.17) is 0 Å². The molecule has 2 rings (SSSR count). The summed E-state index contributed by atoms with van der Waals surface area (Å²) in [4.78, 5) is 0. The highest BCUT2D eigenvalue weighted by atomic mass is 19.3. The van der Waals surface area contributed by atoms with Crippen LogP contribution in [0.1, 0.15) is 42.9 Å². The Morgan fingerprint density at radius 1 is 1.29 bits per heavy atom. The second kappa shape index (κ2) is 3.04. The molecule has 0 nitrogen and oxygen atoms in total. The summed E-state index contributed by atoms with van der Waals surface area (Å²) in [6.45, 7) is 4.05. The summed E-state index contributed by atoms with van der Waals surface area (Å²) >= 11 is 0. The van der Waals surface area contributed by atoms with Crippen LogP contribution in [0.3, 0.4) is 0 Å². The zero-order valence-corrected chi connectivity index (χ0v) is 8.48. The number of benzene rings is 1. The molecule has 14 heavy (non-hydrogen) atoms. The Morgan fingerprint density at radius 2 is 2.00 bits per heavy atom. The van der Waals surface area contributed by atoms with Crippen molar-refractivity contribution in [1.82, 2.24) is 0 Å². The average molecular weight is 196 g/mol. The molecule has 2 heteroatoms. The van der Waals surface area contributed by atoms with Crippen LogP contribution in [-0.2, 0) is 12.3 Å². The Kier molecular flexibility index (Phi) is 2.09. The Morgan fingerprint density at radius 3 is 2.64 bits per heavy atom. The van der Waals surface area contributed by atoms with E-state index in [-0.39, 0.29) is 12.0 Å². The maximum atomic E-state index is 13.4. The molecule has 76 valence electrons. The van der Waals surface area contributed by atoms with Crippen molar-refractivity contribution in [2.75, 3.05) is 0 Å². The van der Waals surface area contributed by atoms with Gasteiger partial charge in [-0.05, 0) is 29.5 Å². The smallest absolute Gasteiger partial charge is 0.201 e. The first kappa shape index (κ1) is 9.63. The molecule has 0 bridgehead atoms. The van der Waals surface area contributed by atoms with Crippen molar-refractivity contribution in [3.05, 3.63) is 34.9 Å². The summed E-state index contributed by atoms with van der Waals surface area (Å²) in [5.41, 5.74) is 2.08. The summed E-state index contributed by atoms with van der Waals surface area (Å²) in [5.74, 6) is -2.28. The van der Waals surface area contributed by atoms with Gasteiger partial charge in [-0.3, -0.25) is 0 Å². The lowest BCUT2D eigenvalue weighted by Gasteiger charge is -2.12. The van der Waals surface area contributed by atoms with Gasteiger partial charge in [-0.15, -0.1) is 0 Å². The van der Waals surface area contributed by atoms with Crippen LogP contribution in [0, 0.1) is 0 Å². The highest BCUT2D eigenvalue weighted by Gasteiger charge is 2.38. The van der Waals surface area contributed by atoms with Gasteiger partial charge in [0.25, 0.3) is 5.92 Å². The van der Waals surface area contributed by atoms with Gasteiger partial charge in [0.15, 0.2) is 0 Å². The summed E-state index contributed by atoms with van der Waals surface area (Å²) in [6.07, 6.45) is 0.491. The van der Waals surface area contributed by atoms with Crippen molar-refractivity contribution in [3.8, 4) is 0 Å². The molecular formula is C12H14F2. The van der Waals surface area contributed by atoms with Gasteiger partial charge in [-0.25, -0.2) is 8.78 Å². The molecule has 1 aliphatic rings. The van der Waals surface area contributed by atoms with Crippen LogP contribution in [0.4, 0.5) is 8.78 Å². The van der Waals surface area contributed by atoms with E-state index >= 15 is 0 Å². The van der Waals surface area contributed by atoms with Gasteiger partial charge in [-0.1, -0.05) is 26.0 Å². The van der Waals surface area contributed by atoms with Crippen molar-refractivity contribution >= 4 is 0 Å². The third kappa shape index (κ3) is 1.43. The van der Waals surface area contributed by atoms with Gasteiger partial charge < -0.3 is 0 Å². The first-order valence-corrected chi connectivity index (χ1v) is 5.02. The predicted molar refractivity (Wildman–Crippen MR) is 52.7 cm³/mol. The number of aryl methyl sites for hydroxylation is 1. The third-order valence-corrected chi connectivity index (χ3v) is 2.90. The van der Waals surface area contributed by atoms with Crippen LogP contribution < -0.4 is 0 Å². The standard InChI is InChI=1S/C12H14F2/c1-8(2)10-4-3-9-5-6-12(13,14)11(9)7-10/h3-4,7-8H,5-6H2,1-2H3. The second-order valence-corrected chi connectivity index (χ2v) is 4.28. The molecule has 0 radical (unpaired) electrons. The zero-order valence-electron chi connectivity index (χ0n) is 8.48. The largest absolute Gasteiger partial charge is 0.273 e. The van der Waals surface area contributed by atoms with Crippen molar-refractivity contribution < 1.29 is 8.78 Å². The van der Waals surface area contributed by atoms with Crippen molar-refractivity contribution in [1.29, 1.82) is 0 Å². The van der Waals surface area contributed by atoms with Gasteiger partial charge in [0, 0.05) is 12.0 Å². The van der Waals surface area contributed by atoms with E-state index in [0.717, 1.165) is 11.1 Å². The molecule has 0 N–H and O–H groups in total. The monoisotopic (exact) mass is 196 g/mol. The highest BCUT2D eigenvalue weighted by Crippen LogP contribution is 2.42. The number of hydrogen-bond acceptors (Lipinski definition) is 0. The van der Waals surface area contributed by atoms with E-state index in [1.54, 1.807) is 6.07 Å². The van der Waals surface area contributed by atoms with Crippen molar-refractivity contribution in [2.45, 2.75) is 38.5 Å². The van der Waals surface area contributed by atoms with E-state index in [2.05, 4.69) is 0 Å². The molecule has 0 fully saturated rings. The van der Waals surface area contributed by atoms with E-state index in [0.29, 0.717) is 12.3 Å². The van der Waals surface area contributed by atoms with Gasteiger partial charge in [-0.2, -0.15) is 0 Å². The molecule has 0 atom stereocenters. The third-order valence-electron chi connectivity index (χ3n) is 2.90. The average Bonchev–Trinajstić information content (AvgIpc) is 2.42. The van der Waals surface area contributed by atoms with Gasteiger partial charge in [0.1, 0.15) is 0 Å². The van der Waals surface area contributed by atoms with Gasteiger partial charge in [0.2, 0.25) is 0 Å². The van der Waals surface area contributed by atoms with E-state index < -0.39 is 5.92 Å². The lowest BCUT2D eigenvalue weighted by atomic mass is 9.98. The first-order chi connectivity index (χ1) is 6.50. The summed E-state index contributed by atoms with van der Waals surface area (Å²) in [7, 11) is 0. The highest BCUT2D eigenvalue weighted by molar-refractivity contribution is 5.39. The predicted octanol–water partition coefficient (Wildman–Crippen LogP) is 3.85. The molecule has 0 spiro atoms. The second-order valence-electron chi connectivity index (χ2n) is 4.28. The van der Waals surface area contributed by atoms with Crippen LogP contribution in [0.2, 0.25) is 0 Å². The zero-order chi connectivity index (χ0) is 10.3. The molecular weight excluding hydrogens is 182 g/mol. The fourth-order valence-corrected chi connectivity index (χ4v) is 1.94. The number of rotatable bonds is 1. The number of halogens is 2. The van der Waals surface area contributed by atoms with Crippen LogP contribution in [0.5, 0.6) is 0 Å². The summed E-state index contributed by atoms with van der Waals surface area (Å²) in [5, 5.41) is 0. The van der Waals surface area contributed by atoms with Crippen LogP contribution in [-0.4, -0.2) is 0 Å². The Labute approximate surface area is 82.9 Å². The van der Waals surface area contributed by atoms with E-state index in [9.17, 15) is 8.78 Å². The molecule has 0 unspecified atom stereocenters. The molecule has 1 aromatic rings. The van der Waals surface area contributed by atoms with Gasteiger partial charge in [0.05, 0.1) is 0 Å².